The number of rotatable bonds is 6. The molecular weight excluding hydrogens is 520 g/mol. The monoisotopic (exact) mass is 539 g/mol. The lowest BCUT2D eigenvalue weighted by molar-refractivity contribution is -0.305. The van der Waals surface area contributed by atoms with E-state index in [9.17, 15) is 26.3 Å². The third-order valence-electron chi connectivity index (χ3n) is 4.27. The van der Waals surface area contributed by atoms with Gasteiger partial charge in [0.05, 0.1) is 17.1 Å². The minimum atomic E-state index is -4.84. The molecule has 0 saturated heterocycles. The zero-order chi connectivity index (χ0) is 25.1. The Morgan fingerprint density at radius 2 is 1.76 bits per heavy atom. The van der Waals surface area contributed by atoms with E-state index in [1.807, 2.05) is 0 Å². The number of hydrazine groups is 1. The van der Waals surface area contributed by atoms with Gasteiger partial charge in [-0.2, -0.15) is 18.3 Å². The number of allylic oxidation sites excluding steroid dienone is 4. The molecule has 0 aliphatic heterocycles. The quantitative estimate of drug-likeness (QED) is 0.159. The number of anilines is 1. The lowest BCUT2D eigenvalue weighted by Gasteiger charge is -2.25. The summed E-state index contributed by atoms with van der Waals surface area (Å²) in [6.07, 6.45) is -5.98. The van der Waals surface area contributed by atoms with Crippen molar-refractivity contribution in [1.29, 1.82) is 0 Å². The summed E-state index contributed by atoms with van der Waals surface area (Å²) < 4.78 is 81.8. The number of hydrogen-bond acceptors (Lipinski definition) is 5. The number of alkyl halides is 6. The van der Waals surface area contributed by atoms with Crippen LogP contribution in [0.4, 0.5) is 32.0 Å². The Hall–Kier alpha value is -2.93. The second kappa shape index (κ2) is 9.91. The third-order valence-corrected chi connectivity index (χ3v) is 4.76. The summed E-state index contributed by atoms with van der Waals surface area (Å²) in [5.41, 5.74) is 5.79. The van der Waals surface area contributed by atoms with Gasteiger partial charge >= 0.3 is 12.5 Å². The van der Waals surface area contributed by atoms with Crippen molar-refractivity contribution in [3.8, 4) is 5.69 Å². The summed E-state index contributed by atoms with van der Waals surface area (Å²) in [6, 6.07) is 5.53. The first kappa shape index (κ1) is 26.3. The maximum absolute atomic E-state index is 13.1. The molecule has 0 saturated carbocycles. The van der Waals surface area contributed by atoms with E-state index < -0.39 is 24.0 Å². The molecule has 6 nitrogen and oxygen atoms in total. The van der Waals surface area contributed by atoms with Crippen LogP contribution in [0.2, 0.25) is 0 Å². The number of aryl methyl sites for hydroxylation is 1. The lowest BCUT2D eigenvalue weighted by atomic mass is 10.1. The normalized spacial score (nSPS) is 14.0. The third kappa shape index (κ3) is 6.78. The van der Waals surface area contributed by atoms with Crippen molar-refractivity contribution in [1.82, 2.24) is 9.78 Å². The Balaban J connectivity index is 2.50. The van der Waals surface area contributed by atoms with E-state index in [-0.39, 0.29) is 22.8 Å². The van der Waals surface area contributed by atoms with E-state index in [1.54, 1.807) is 6.07 Å². The summed E-state index contributed by atoms with van der Waals surface area (Å²) in [7, 11) is 0. The summed E-state index contributed by atoms with van der Waals surface area (Å²) >= 11 is 3.29. The highest BCUT2D eigenvalue weighted by Gasteiger charge is 2.35. The molecule has 0 amide bonds. The van der Waals surface area contributed by atoms with E-state index >= 15 is 0 Å². The van der Waals surface area contributed by atoms with Crippen LogP contribution in [0.25, 0.3) is 5.69 Å². The topological polar surface area (TPSA) is 82.3 Å². The molecule has 0 bridgehead atoms. The minimum absolute atomic E-state index is 0.172. The Morgan fingerprint density at radius 1 is 1.12 bits per heavy atom. The fraction of sp³-hybridized carbons (Fsp3) is 0.250. The average Bonchev–Trinajstić information content (AvgIpc) is 3.07. The van der Waals surface area contributed by atoms with Crippen molar-refractivity contribution in [2.45, 2.75) is 33.3 Å². The van der Waals surface area contributed by atoms with Crippen molar-refractivity contribution in [3.63, 3.8) is 0 Å². The van der Waals surface area contributed by atoms with Crippen LogP contribution < -0.4 is 16.6 Å². The zero-order valence-electron chi connectivity index (χ0n) is 17.6. The largest absolute Gasteiger partial charge is 0.572 e. The molecule has 0 radical (unpaired) electrons. The van der Waals surface area contributed by atoms with Crippen LogP contribution in [0.1, 0.15) is 25.2 Å². The molecular formula is C20H20BrF6N5O. The standard InChI is InChI=1S/C20H20BrF6N5O/c1-11(4-5-13(3)33-20(25,26)27)17(10-28)31(29)16-9-14(21)6-7-15(16)32-12(2)8-18(30-32)19(22,23)24/h4-10H,28-29H2,1-3H3/b11-4+,13-5+,17-10-. The van der Waals surface area contributed by atoms with Gasteiger partial charge in [0.15, 0.2) is 5.69 Å². The van der Waals surface area contributed by atoms with Crippen LogP contribution in [0.15, 0.2) is 64.1 Å². The van der Waals surface area contributed by atoms with E-state index in [0.717, 1.165) is 35.0 Å². The first-order valence-corrected chi connectivity index (χ1v) is 9.95. The highest BCUT2D eigenvalue weighted by atomic mass is 79.9. The van der Waals surface area contributed by atoms with Crippen LogP contribution in [-0.4, -0.2) is 16.1 Å². The van der Waals surface area contributed by atoms with Gasteiger partial charge in [0, 0.05) is 16.4 Å². The number of aromatic nitrogens is 2. The number of halogens is 7. The van der Waals surface area contributed by atoms with E-state index in [0.29, 0.717) is 10.0 Å². The molecule has 1 heterocycles. The average molecular weight is 540 g/mol. The lowest BCUT2D eigenvalue weighted by Crippen LogP contribution is -2.32. The SMILES string of the molecule is C\C(=C/C=C(C)/C(=C/N)N(N)c1cc(Br)ccc1-n1nc(C(F)(F)F)cc1C)OC(F)(F)F. The predicted octanol–water partition coefficient (Wildman–Crippen LogP) is 5.83. The molecule has 2 rings (SSSR count). The maximum atomic E-state index is 13.1. The highest BCUT2D eigenvalue weighted by molar-refractivity contribution is 9.10. The van der Waals surface area contributed by atoms with Crippen LogP contribution in [0.5, 0.6) is 0 Å². The Kier molecular flexibility index (Phi) is 7.91. The smallest absolute Gasteiger partial charge is 0.411 e. The first-order chi connectivity index (χ1) is 15.1. The fourth-order valence-electron chi connectivity index (χ4n) is 2.80. The molecule has 4 N–H and O–H groups in total. The predicted molar refractivity (Wildman–Crippen MR) is 115 cm³/mol. The van der Waals surface area contributed by atoms with Gasteiger partial charge < -0.3 is 10.5 Å². The first-order valence-electron chi connectivity index (χ1n) is 9.16. The summed E-state index contributed by atoms with van der Waals surface area (Å²) in [6.45, 7) is 4.11. The molecule has 0 aliphatic carbocycles. The molecule has 0 spiro atoms. The molecule has 1 aromatic heterocycles. The van der Waals surface area contributed by atoms with Crippen molar-refractivity contribution in [3.05, 3.63) is 75.5 Å². The molecule has 180 valence electrons. The molecule has 33 heavy (non-hydrogen) atoms. The van der Waals surface area contributed by atoms with Crippen molar-refractivity contribution in [2.24, 2.45) is 11.6 Å². The number of ether oxygens (including phenoxy) is 1. The van der Waals surface area contributed by atoms with E-state index in [4.69, 9.17) is 11.6 Å². The second-order valence-electron chi connectivity index (χ2n) is 6.81. The van der Waals surface area contributed by atoms with E-state index in [1.165, 1.54) is 32.1 Å². The summed E-state index contributed by atoms with van der Waals surface area (Å²) in [5.74, 6) is 5.82. The molecule has 0 unspecified atom stereocenters. The van der Waals surface area contributed by atoms with Gasteiger partial charge in [0.25, 0.3) is 0 Å². The molecule has 2 aromatic rings. The Labute approximate surface area is 193 Å². The van der Waals surface area contributed by atoms with Crippen molar-refractivity contribution >= 4 is 21.6 Å². The number of nitrogens with zero attached hydrogens (tertiary/aromatic N) is 3. The van der Waals surface area contributed by atoms with Gasteiger partial charge in [0.1, 0.15) is 5.76 Å². The Morgan fingerprint density at radius 3 is 2.27 bits per heavy atom. The van der Waals surface area contributed by atoms with Crippen LogP contribution in [0.3, 0.4) is 0 Å². The second-order valence-corrected chi connectivity index (χ2v) is 7.73. The number of benzene rings is 1. The number of hydrogen-bond donors (Lipinski definition) is 2. The summed E-state index contributed by atoms with van der Waals surface area (Å²) in [4.78, 5) is 0. The van der Waals surface area contributed by atoms with Crippen LogP contribution >= 0.6 is 15.9 Å². The molecule has 1 aromatic carbocycles. The van der Waals surface area contributed by atoms with Gasteiger partial charge in [-0.05, 0) is 56.7 Å². The molecule has 13 heteroatoms. The van der Waals surface area contributed by atoms with Gasteiger partial charge in [-0.1, -0.05) is 22.0 Å². The highest BCUT2D eigenvalue weighted by Crippen LogP contribution is 2.34. The van der Waals surface area contributed by atoms with Crippen LogP contribution in [0, 0.1) is 6.92 Å². The number of nitrogens with two attached hydrogens (primary N) is 2. The van der Waals surface area contributed by atoms with Gasteiger partial charge in [-0.15, -0.1) is 13.2 Å². The zero-order valence-corrected chi connectivity index (χ0v) is 19.2. The van der Waals surface area contributed by atoms with Gasteiger partial charge in [-0.25, -0.2) is 10.5 Å². The fourth-order valence-corrected chi connectivity index (χ4v) is 3.15. The minimum Gasteiger partial charge on any atom is -0.411 e. The molecule has 0 atom stereocenters. The maximum Gasteiger partial charge on any atom is 0.572 e. The van der Waals surface area contributed by atoms with Crippen molar-refractivity contribution in [2.75, 3.05) is 5.01 Å². The molecule has 0 fully saturated rings. The van der Waals surface area contributed by atoms with Gasteiger partial charge in [-0.3, -0.25) is 5.01 Å². The van der Waals surface area contributed by atoms with Gasteiger partial charge in [0.2, 0.25) is 0 Å². The molecule has 0 aliphatic rings. The summed E-state index contributed by atoms with van der Waals surface area (Å²) in [5, 5.41) is 4.74. The van der Waals surface area contributed by atoms with Crippen molar-refractivity contribution < 1.29 is 31.1 Å². The Bertz CT molecular complexity index is 1100. The van der Waals surface area contributed by atoms with E-state index in [2.05, 4.69) is 25.8 Å². The van der Waals surface area contributed by atoms with Crippen LogP contribution in [-0.2, 0) is 10.9 Å².